The Morgan fingerprint density at radius 2 is 1.88 bits per heavy atom. The van der Waals surface area contributed by atoms with E-state index in [1.807, 2.05) is 0 Å². The maximum atomic E-state index is 13.2. The number of para-hydroxylation sites is 1. The van der Waals surface area contributed by atoms with Gasteiger partial charge in [0.1, 0.15) is 11.9 Å². The van der Waals surface area contributed by atoms with Crippen molar-refractivity contribution < 1.29 is 32.2 Å². The van der Waals surface area contributed by atoms with Crippen LogP contribution in [0, 0.1) is 0 Å². The summed E-state index contributed by atoms with van der Waals surface area (Å²) in [4.78, 5) is 25.0. The van der Waals surface area contributed by atoms with Crippen LogP contribution in [-0.4, -0.2) is 35.8 Å². The molecule has 2 heterocycles. The lowest BCUT2D eigenvalue weighted by Crippen LogP contribution is -2.24. The van der Waals surface area contributed by atoms with Crippen LogP contribution in [0.1, 0.15) is 18.0 Å². The van der Waals surface area contributed by atoms with Crippen LogP contribution >= 0.6 is 0 Å². The van der Waals surface area contributed by atoms with E-state index >= 15 is 0 Å². The zero-order valence-corrected chi connectivity index (χ0v) is 17.6. The minimum atomic E-state index is -4.63. The van der Waals surface area contributed by atoms with Gasteiger partial charge in [-0.2, -0.15) is 18.3 Å². The normalized spacial score (nSPS) is 15.1. The third-order valence-corrected chi connectivity index (χ3v) is 5.21. The summed E-state index contributed by atoms with van der Waals surface area (Å²) in [6.45, 7) is 0. The fourth-order valence-corrected chi connectivity index (χ4v) is 3.64. The molecule has 0 saturated heterocycles. The van der Waals surface area contributed by atoms with Crippen LogP contribution < -0.4 is 20.1 Å². The molecule has 172 valence electrons. The first-order valence-electron chi connectivity index (χ1n) is 9.79. The molecule has 0 saturated carbocycles. The van der Waals surface area contributed by atoms with Gasteiger partial charge in [-0.05, 0) is 29.8 Å². The van der Waals surface area contributed by atoms with Gasteiger partial charge in [-0.15, -0.1) is 0 Å². The monoisotopic (exact) mass is 460 g/mol. The molecule has 1 aromatic heterocycles. The van der Waals surface area contributed by atoms with Gasteiger partial charge in [-0.3, -0.25) is 9.59 Å². The second kappa shape index (κ2) is 8.49. The zero-order chi connectivity index (χ0) is 23.8. The topological polar surface area (TPSA) is 94.5 Å². The average molecular weight is 460 g/mol. The van der Waals surface area contributed by atoms with Crippen molar-refractivity contribution in [2.45, 2.75) is 18.6 Å². The largest absolute Gasteiger partial charge is 0.493 e. The maximum absolute atomic E-state index is 13.2. The van der Waals surface area contributed by atoms with Crippen LogP contribution in [0.25, 0.3) is 11.1 Å². The quantitative estimate of drug-likeness (QED) is 0.578. The number of hydrogen-bond donors (Lipinski definition) is 2. The number of anilines is 2. The molecular formula is C22H19F3N4O4. The SMILES string of the molecule is COc1ccc(-c2cnn3c2NC(=O)C3CC(=O)Nc2ccccc2C(F)(F)F)cc1OC. The van der Waals surface area contributed by atoms with Crippen molar-refractivity contribution in [1.82, 2.24) is 9.78 Å². The van der Waals surface area contributed by atoms with E-state index in [1.165, 1.54) is 37.2 Å². The van der Waals surface area contributed by atoms with Gasteiger partial charge in [0.05, 0.1) is 38.1 Å². The summed E-state index contributed by atoms with van der Waals surface area (Å²) < 4.78 is 51.4. The second-order valence-corrected chi connectivity index (χ2v) is 7.22. The number of carbonyl (C=O) groups is 2. The number of fused-ring (bicyclic) bond motifs is 1. The third kappa shape index (κ3) is 4.21. The number of aromatic nitrogens is 2. The van der Waals surface area contributed by atoms with Crippen molar-refractivity contribution in [3.05, 3.63) is 54.2 Å². The molecule has 0 fully saturated rings. The molecule has 2 N–H and O–H groups in total. The van der Waals surface area contributed by atoms with E-state index in [1.54, 1.807) is 18.2 Å². The summed E-state index contributed by atoms with van der Waals surface area (Å²) in [5, 5.41) is 9.17. The van der Waals surface area contributed by atoms with Crippen molar-refractivity contribution in [3.8, 4) is 22.6 Å². The number of hydrogen-bond acceptors (Lipinski definition) is 5. The van der Waals surface area contributed by atoms with Gasteiger partial charge < -0.3 is 20.1 Å². The molecule has 33 heavy (non-hydrogen) atoms. The molecular weight excluding hydrogens is 441 g/mol. The standard InChI is InChI=1S/C22H19F3N4O4/c1-32-17-8-7-12(9-18(17)33-2)13-11-26-29-16(21(31)28-20(13)29)10-19(30)27-15-6-4-3-5-14(15)22(23,24)25/h3-9,11,16H,10H2,1-2H3,(H,27,30)(H,28,31). The lowest BCUT2D eigenvalue weighted by atomic mass is 10.1. The van der Waals surface area contributed by atoms with Crippen molar-refractivity contribution >= 4 is 23.3 Å². The molecule has 1 unspecified atom stereocenters. The maximum Gasteiger partial charge on any atom is 0.418 e. The van der Waals surface area contributed by atoms with Crippen LogP contribution in [0.5, 0.6) is 11.5 Å². The molecule has 1 aliphatic heterocycles. The number of nitrogens with zero attached hydrogens (tertiary/aromatic N) is 2. The van der Waals surface area contributed by atoms with E-state index in [-0.39, 0.29) is 5.69 Å². The van der Waals surface area contributed by atoms with E-state index < -0.39 is 36.0 Å². The molecule has 1 atom stereocenters. The fraction of sp³-hybridized carbons (Fsp3) is 0.227. The molecule has 0 aliphatic carbocycles. The van der Waals surface area contributed by atoms with Gasteiger partial charge in [0.2, 0.25) is 5.91 Å². The van der Waals surface area contributed by atoms with Gasteiger partial charge in [-0.25, -0.2) is 4.68 Å². The van der Waals surface area contributed by atoms with Crippen LogP contribution in [0.2, 0.25) is 0 Å². The van der Waals surface area contributed by atoms with Crippen LogP contribution in [-0.2, 0) is 15.8 Å². The minimum Gasteiger partial charge on any atom is -0.493 e. The van der Waals surface area contributed by atoms with E-state index in [9.17, 15) is 22.8 Å². The zero-order valence-electron chi connectivity index (χ0n) is 17.6. The Balaban J connectivity index is 1.56. The Kier molecular flexibility index (Phi) is 5.71. The number of nitrogens with one attached hydrogen (secondary N) is 2. The van der Waals surface area contributed by atoms with Gasteiger partial charge in [0.15, 0.2) is 11.5 Å². The van der Waals surface area contributed by atoms with E-state index in [2.05, 4.69) is 15.7 Å². The minimum absolute atomic E-state index is 0.375. The average Bonchev–Trinajstić information content (AvgIpc) is 3.32. The summed E-state index contributed by atoms with van der Waals surface area (Å²) in [6, 6.07) is 8.83. The summed E-state index contributed by atoms with van der Waals surface area (Å²) in [6.07, 6.45) is -3.49. The molecule has 11 heteroatoms. The summed E-state index contributed by atoms with van der Waals surface area (Å²) >= 11 is 0. The van der Waals surface area contributed by atoms with Crippen LogP contribution in [0.15, 0.2) is 48.7 Å². The van der Waals surface area contributed by atoms with Crippen LogP contribution in [0.3, 0.4) is 0 Å². The number of halogens is 3. The lowest BCUT2D eigenvalue weighted by Gasteiger charge is -2.14. The number of methoxy groups -OCH3 is 2. The fourth-order valence-electron chi connectivity index (χ4n) is 3.64. The number of ether oxygens (including phenoxy) is 2. The first kappa shape index (κ1) is 22.2. The number of amides is 2. The van der Waals surface area contributed by atoms with Crippen molar-refractivity contribution in [1.29, 1.82) is 0 Å². The van der Waals surface area contributed by atoms with Gasteiger partial charge in [0, 0.05) is 5.56 Å². The van der Waals surface area contributed by atoms with Crippen molar-refractivity contribution in [3.63, 3.8) is 0 Å². The molecule has 0 bridgehead atoms. The molecule has 3 aromatic rings. The lowest BCUT2D eigenvalue weighted by molar-refractivity contribution is -0.137. The number of carbonyl (C=O) groups excluding carboxylic acids is 2. The summed E-state index contributed by atoms with van der Waals surface area (Å²) in [5.41, 5.74) is -0.0575. The molecule has 0 spiro atoms. The highest BCUT2D eigenvalue weighted by atomic mass is 19.4. The Morgan fingerprint density at radius 1 is 1.15 bits per heavy atom. The summed E-state index contributed by atoms with van der Waals surface area (Å²) in [7, 11) is 3.01. The second-order valence-electron chi connectivity index (χ2n) is 7.22. The molecule has 2 amide bonds. The Hall–Kier alpha value is -4.02. The van der Waals surface area contributed by atoms with E-state index in [0.29, 0.717) is 28.4 Å². The van der Waals surface area contributed by atoms with Gasteiger partial charge in [-0.1, -0.05) is 18.2 Å². The van der Waals surface area contributed by atoms with Crippen LogP contribution in [0.4, 0.5) is 24.7 Å². The Bertz CT molecular complexity index is 1220. The van der Waals surface area contributed by atoms with Gasteiger partial charge >= 0.3 is 6.18 Å². The number of rotatable bonds is 6. The smallest absolute Gasteiger partial charge is 0.418 e. The number of alkyl halides is 3. The Labute approximate surface area is 186 Å². The highest BCUT2D eigenvalue weighted by Gasteiger charge is 2.37. The highest BCUT2D eigenvalue weighted by Crippen LogP contribution is 2.39. The molecule has 4 rings (SSSR count). The van der Waals surface area contributed by atoms with Crippen molar-refractivity contribution in [2.75, 3.05) is 24.9 Å². The number of benzene rings is 2. The molecule has 0 radical (unpaired) electrons. The predicted molar refractivity (Wildman–Crippen MR) is 113 cm³/mol. The first-order valence-corrected chi connectivity index (χ1v) is 9.79. The van der Waals surface area contributed by atoms with E-state index in [4.69, 9.17) is 9.47 Å². The van der Waals surface area contributed by atoms with Gasteiger partial charge in [0.25, 0.3) is 5.91 Å². The van der Waals surface area contributed by atoms with Crippen molar-refractivity contribution in [2.24, 2.45) is 0 Å². The summed E-state index contributed by atoms with van der Waals surface area (Å²) in [5.74, 6) is 0.156. The third-order valence-electron chi connectivity index (χ3n) is 5.21. The molecule has 2 aromatic carbocycles. The molecule has 8 nitrogen and oxygen atoms in total. The predicted octanol–water partition coefficient (Wildman–Crippen LogP) is 4.11. The first-order chi connectivity index (χ1) is 15.7. The van der Waals surface area contributed by atoms with E-state index in [0.717, 1.165) is 12.1 Å². The Morgan fingerprint density at radius 3 is 2.58 bits per heavy atom. The highest BCUT2D eigenvalue weighted by molar-refractivity contribution is 6.04. The molecule has 1 aliphatic rings.